The number of halogens is 1. The lowest BCUT2D eigenvalue weighted by molar-refractivity contribution is -0.143. The highest BCUT2D eigenvalue weighted by molar-refractivity contribution is 9.10. The largest absolute Gasteiger partial charge is 0.481 e. The number of carboxylic acid groups (broad SMARTS) is 1. The molecule has 106 valence electrons. The van der Waals surface area contributed by atoms with Crippen LogP contribution in [0.2, 0.25) is 0 Å². The number of nitrogens with two attached hydrogens (primary N) is 1. The Morgan fingerprint density at radius 2 is 2.10 bits per heavy atom. The van der Waals surface area contributed by atoms with Gasteiger partial charge in [0.05, 0.1) is 12.5 Å². The van der Waals surface area contributed by atoms with Crippen molar-refractivity contribution in [2.75, 3.05) is 6.54 Å². The Morgan fingerprint density at radius 1 is 1.35 bits per heavy atom. The van der Waals surface area contributed by atoms with Crippen molar-refractivity contribution < 1.29 is 14.7 Å². The van der Waals surface area contributed by atoms with Gasteiger partial charge in [-0.15, -0.1) is 0 Å². The van der Waals surface area contributed by atoms with E-state index in [1.807, 2.05) is 35.0 Å². The number of aromatic nitrogens is 1. The fourth-order valence-electron chi connectivity index (χ4n) is 2.10. The molecule has 0 saturated heterocycles. The Kier molecular flexibility index (Phi) is 4.57. The molecule has 2 rings (SSSR count). The van der Waals surface area contributed by atoms with Gasteiger partial charge in [-0.2, -0.15) is 0 Å². The van der Waals surface area contributed by atoms with Crippen molar-refractivity contribution >= 4 is 38.6 Å². The third-order valence-corrected chi connectivity index (χ3v) is 3.68. The van der Waals surface area contributed by atoms with Crippen molar-refractivity contribution in [2.45, 2.75) is 13.0 Å². The molecular formula is C14H15BrN2O3. The summed E-state index contributed by atoms with van der Waals surface area (Å²) >= 11 is 3.40. The highest BCUT2D eigenvalue weighted by atomic mass is 79.9. The maximum Gasteiger partial charge on any atom is 0.308 e. The first kappa shape index (κ1) is 14.7. The first-order valence-electron chi connectivity index (χ1n) is 6.20. The monoisotopic (exact) mass is 338 g/mol. The Balaban J connectivity index is 2.14. The lowest BCUT2D eigenvalue weighted by Crippen LogP contribution is -2.27. The number of nitrogens with zero attached hydrogens (tertiary/aromatic N) is 1. The normalized spacial score (nSPS) is 12.5. The summed E-state index contributed by atoms with van der Waals surface area (Å²) in [6, 6.07) is 7.75. The fourth-order valence-corrected chi connectivity index (χ4v) is 2.44. The van der Waals surface area contributed by atoms with Gasteiger partial charge in [-0.25, -0.2) is 0 Å². The Bertz CT molecular complexity index is 651. The van der Waals surface area contributed by atoms with Gasteiger partial charge in [-0.05, 0) is 23.6 Å². The maximum absolute atomic E-state index is 12.0. The number of carbonyl (C=O) groups is 2. The third-order valence-electron chi connectivity index (χ3n) is 3.19. The second-order valence-corrected chi connectivity index (χ2v) is 5.58. The van der Waals surface area contributed by atoms with Gasteiger partial charge in [-0.3, -0.25) is 9.59 Å². The minimum Gasteiger partial charge on any atom is -0.481 e. The summed E-state index contributed by atoms with van der Waals surface area (Å²) in [6.07, 6.45) is 1.78. The Hall–Kier alpha value is -1.66. The molecule has 2 aromatic rings. The molecule has 0 fully saturated rings. The van der Waals surface area contributed by atoms with Crippen molar-refractivity contribution in [1.29, 1.82) is 0 Å². The van der Waals surface area contributed by atoms with Crippen LogP contribution in [0.1, 0.15) is 6.42 Å². The van der Waals surface area contributed by atoms with E-state index in [9.17, 15) is 9.59 Å². The Morgan fingerprint density at radius 3 is 2.75 bits per heavy atom. The van der Waals surface area contributed by atoms with E-state index in [1.54, 1.807) is 0 Å². The molecule has 0 aliphatic rings. The quantitative estimate of drug-likeness (QED) is 0.843. The van der Waals surface area contributed by atoms with Gasteiger partial charge in [0, 0.05) is 29.2 Å². The minimum absolute atomic E-state index is 0.0287. The van der Waals surface area contributed by atoms with Gasteiger partial charge < -0.3 is 15.4 Å². The first-order valence-corrected chi connectivity index (χ1v) is 6.99. The van der Waals surface area contributed by atoms with Crippen molar-refractivity contribution in [3.8, 4) is 0 Å². The van der Waals surface area contributed by atoms with Crippen molar-refractivity contribution in [2.24, 2.45) is 11.7 Å². The standard InChI is InChI=1S/C14H15BrN2O3/c15-11-2-1-9-3-4-17(13(9)6-11)8-12(18)5-10(7-16)14(19)20/h1-4,6,10H,5,7-8,16H2,(H,19,20). The average Bonchev–Trinajstić information content (AvgIpc) is 2.78. The number of hydrogen-bond donors (Lipinski definition) is 2. The summed E-state index contributed by atoms with van der Waals surface area (Å²) in [5, 5.41) is 9.95. The zero-order chi connectivity index (χ0) is 14.7. The molecule has 5 nitrogen and oxygen atoms in total. The summed E-state index contributed by atoms with van der Waals surface area (Å²) in [5.74, 6) is -1.97. The number of ketones is 1. The molecule has 6 heteroatoms. The number of carbonyl (C=O) groups excluding carboxylic acids is 1. The van der Waals surface area contributed by atoms with Crippen LogP contribution >= 0.6 is 15.9 Å². The van der Waals surface area contributed by atoms with Crippen LogP contribution in [0.5, 0.6) is 0 Å². The summed E-state index contributed by atoms with van der Waals surface area (Å²) in [5.41, 5.74) is 6.30. The van der Waals surface area contributed by atoms with Crippen molar-refractivity contribution in [3.05, 3.63) is 34.9 Å². The number of rotatable bonds is 6. The van der Waals surface area contributed by atoms with Crippen LogP contribution in [-0.2, 0) is 16.1 Å². The van der Waals surface area contributed by atoms with E-state index in [1.165, 1.54) is 0 Å². The number of benzene rings is 1. The van der Waals surface area contributed by atoms with Crippen LogP contribution in [0.3, 0.4) is 0 Å². The Labute approximate surface area is 124 Å². The highest BCUT2D eigenvalue weighted by Gasteiger charge is 2.19. The van der Waals surface area contributed by atoms with Crippen LogP contribution < -0.4 is 5.73 Å². The molecule has 1 heterocycles. The van der Waals surface area contributed by atoms with E-state index in [4.69, 9.17) is 10.8 Å². The smallest absolute Gasteiger partial charge is 0.308 e. The highest BCUT2D eigenvalue weighted by Crippen LogP contribution is 2.21. The van der Waals surface area contributed by atoms with Gasteiger partial charge in [-0.1, -0.05) is 22.0 Å². The predicted molar refractivity (Wildman–Crippen MR) is 79.4 cm³/mol. The van der Waals surface area contributed by atoms with E-state index in [2.05, 4.69) is 15.9 Å². The van der Waals surface area contributed by atoms with E-state index < -0.39 is 11.9 Å². The van der Waals surface area contributed by atoms with Gasteiger partial charge in [0.15, 0.2) is 5.78 Å². The van der Waals surface area contributed by atoms with Gasteiger partial charge in [0.1, 0.15) is 0 Å². The molecule has 0 amide bonds. The van der Waals surface area contributed by atoms with Crippen LogP contribution in [0, 0.1) is 5.92 Å². The molecule has 0 saturated carbocycles. The number of hydrogen-bond acceptors (Lipinski definition) is 3. The molecule has 20 heavy (non-hydrogen) atoms. The molecule has 1 aromatic carbocycles. The molecule has 1 unspecified atom stereocenters. The first-order chi connectivity index (χ1) is 9.51. The molecule has 0 spiro atoms. The second kappa shape index (κ2) is 6.19. The van der Waals surface area contributed by atoms with E-state index >= 15 is 0 Å². The van der Waals surface area contributed by atoms with Gasteiger partial charge in [0.2, 0.25) is 0 Å². The lowest BCUT2D eigenvalue weighted by atomic mass is 10.0. The van der Waals surface area contributed by atoms with E-state index in [0.29, 0.717) is 0 Å². The topological polar surface area (TPSA) is 85.3 Å². The summed E-state index contributed by atoms with van der Waals surface area (Å²) in [6.45, 7) is 0.128. The maximum atomic E-state index is 12.0. The second-order valence-electron chi connectivity index (χ2n) is 4.66. The van der Waals surface area contributed by atoms with Crippen LogP contribution in [0.25, 0.3) is 10.9 Å². The molecule has 0 radical (unpaired) electrons. The van der Waals surface area contributed by atoms with Crippen LogP contribution in [0.4, 0.5) is 0 Å². The van der Waals surface area contributed by atoms with Gasteiger partial charge in [0.25, 0.3) is 0 Å². The molecule has 0 aliphatic heterocycles. The zero-order valence-corrected chi connectivity index (χ0v) is 12.3. The number of Topliss-reactive ketones (excluding diaryl/α,β-unsaturated/α-hetero) is 1. The zero-order valence-electron chi connectivity index (χ0n) is 10.8. The SMILES string of the molecule is NCC(CC(=O)Cn1ccc2ccc(Br)cc21)C(=O)O. The molecule has 3 N–H and O–H groups in total. The lowest BCUT2D eigenvalue weighted by Gasteiger charge is -2.10. The van der Waals surface area contributed by atoms with Gasteiger partial charge >= 0.3 is 5.97 Å². The minimum atomic E-state index is -1.03. The average molecular weight is 339 g/mol. The summed E-state index contributed by atoms with van der Waals surface area (Å²) < 4.78 is 2.75. The molecule has 1 atom stereocenters. The molecule has 0 aliphatic carbocycles. The molecule has 0 bridgehead atoms. The van der Waals surface area contributed by atoms with Crippen molar-refractivity contribution in [1.82, 2.24) is 4.57 Å². The predicted octanol–water partition coefficient (Wildman–Crippen LogP) is 2.02. The van der Waals surface area contributed by atoms with E-state index in [0.717, 1.165) is 15.4 Å². The summed E-state index contributed by atoms with van der Waals surface area (Å²) in [7, 11) is 0. The van der Waals surface area contributed by atoms with Crippen LogP contribution in [0.15, 0.2) is 34.9 Å². The fraction of sp³-hybridized carbons (Fsp3) is 0.286. The number of aliphatic carboxylic acids is 1. The number of carboxylic acids is 1. The molecule has 1 aromatic heterocycles. The molecular weight excluding hydrogens is 324 g/mol. The van der Waals surface area contributed by atoms with E-state index in [-0.39, 0.29) is 25.3 Å². The number of fused-ring (bicyclic) bond motifs is 1. The van der Waals surface area contributed by atoms with Crippen molar-refractivity contribution in [3.63, 3.8) is 0 Å². The summed E-state index contributed by atoms with van der Waals surface area (Å²) in [4.78, 5) is 22.8. The van der Waals surface area contributed by atoms with Crippen LogP contribution in [-0.4, -0.2) is 28.0 Å². The third kappa shape index (κ3) is 3.26.